The molecule has 0 aliphatic rings. The fraction of sp³-hybridized carbons (Fsp3) is 0.857. The monoisotopic (exact) mass is 242 g/mol. The van der Waals surface area contributed by atoms with Gasteiger partial charge in [-0.05, 0) is 19.8 Å². The van der Waals surface area contributed by atoms with Crippen LogP contribution in [0.1, 0.15) is 19.8 Å². The van der Waals surface area contributed by atoms with Crippen LogP contribution < -0.4 is 0 Å². The number of alkyl halides is 2. The maximum atomic E-state index is 10.9. The van der Waals surface area contributed by atoms with Crippen molar-refractivity contribution in [1.29, 1.82) is 0 Å². The van der Waals surface area contributed by atoms with Crippen molar-refractivity contribution >= 4 is 33.5 Å². The van der Waals surface area contributed by atoms with E-state index in [2.05, 4.69) is 15.9 Å². The number of rotatable bonds is 5. The molecule has 0 bridgehead atoms. The van der Waals surface area contributed by atoms with Crippen molar-refractivity contribution in [3.05, 3.63) is 0 Å². The smallest absolute Gasteiger partial charge is 0.319 e. The van der Waals surface area contributed by atoms with E-state index >= 15 is 0 Å². The van der Waals surface area contributed by atoms with Gasteiger partial charge in [-0.3, -0.25) is 4.79 Å². The van der Waals surface area contributed by atoms with E-state index in [-0.39, 0.29) is 10.8 Å². The van der Waals surface area contributed by atoms with Gasteiger partial charge < -0.3 is 4.74 Å². The lowest BCUT2D eigenvalue weighted by Gasteiger charge is -2.06. The number of ether oxygens (including phenoxy) is 1. The van der Waals surface area contributed by atoms with Gasteiger partial charge in [-0.25, -0.2) is 0 Å². The summed E-state index contributed by atoms with van der Waals surface area (Å²) in [5.74, 6) is 0.388. The van der Waals surface area contributed by atoms with Gasteiger partial charge in [-0.15, -0.1) is 11.6 Å². The number of hydrogen-bond acceptors (Lipinski definition) is 2. The molecule has 0 spiro atoms. The molecule has 1 unspecified atom stereocenters. The molecule has 0 amide bonds. The molecule has 4 heteroatoms. The standard InChI is InChI=1S/C7H12BrClO2/c1-2-11-7(10)6(8)4-3-5-9/h6H,2-5H2,1H3. The highest BCUT2D eigenvalue weighted by molar-refractivity contribution is 9.10. The Bertz CT molecular complexity index is 119. The minimum Gasteiger partial charge on any atom is -0.465 e. The number of hydrogen-bond donors (Lipinski definition) is 0. The van der Waals surface area contributed by atoms with Crippen LogP contribution in [-0.2, 0) is 9.53 Å². The second kappa shape index (κ2) is 6.92. The van der Waals surface area contributed by atoms with Crippen LogP contribution in [0, 0.1) is 0 Å². The summed E-state index contributed by atoms with van der Waals surface area (Å²) in [5, 5.41) is 0. The summed E-state index contributed by atoms with van der Waals surface area (Å²) in [4.78, 5) is 10.7. The second-order valence-corrected chi connectivity index (χ2v) is 3.53. The van der Waals surface area contributed by atoms with E-state index in [4.69, 9.17) is 16.3 Å². The molecular formula is C7H12BrClO2. The van der Waals surface area contributed by atoms with E-state index in [0.717, 1.165) is 12.8 Å². The molecule has 0 N–H and O–H groups in total. The molecule has 66 valence electrons. The van der Waals surface area contributed by atoms with Gasteiger partial charge in [0.2, 0.25) is 0 Å². The minimum atomic E-state index is -0.197. The van der Waals surface area contributed by atoms with Gasteiger partial charge in [-0.2, -0.15) is 0 Å². The highest BCUT2D eigenvalue weighted by atomic mass is 79.9. The maximum absolute atomic E-state index is 10.9. The van der Waals surface area contributed by atoms with Gasteiger partial charge in [0.1, 0.15) is 4.83 Å². The molecule has 0 aliphatic carbocycles. The van der Waals surface area contributed by atoms with Crippen LogP contribution in [0.2, 0.25) is 0 Å². The SMILES string of the molecule is CCOC(=O)C(Br)CCCCl. The average Bonchev–Trinajstić information content (AvgIpc) is 2.00. The van der Waals surface area contributed by atoms with E-state index in [1.165, 1.54) is 0 Å². The normalized spacial score (nSPS) is 12.6. The van der Waals surface area contributed by atoms with E-state index in [0.29, 0.717) is 12.5 Å². The molecule has 0 rings (SSSR count). The first-order valence-electron chi connectivity index (χ1n) is 3.59. The predicted molar refractivity (Wildman–Crippen MR) is 49.3 cm³/mol. The third-order valence-corrected chi connectivity index (χ3v) is 2.23. The first-order chi connectivity index (χ1) is 5.22. The summed E-state index contributed by atoms with van der Waals surface area (Å²) in [6.07, 6.45) is 1.57. The summed E-state index contributed by atoms with van der Waals surface area (Å²) < 4.78 is 4.77. The second-order valence-electron chi connectivity index (χ2n) is 2.05. The molecule has 0 aromatic rings. The lowest BCUT2D eigenvalue weighted by atomic mass is 10.2. The fourth-order valence-corrected chi connectivity index (χ4v) is 1.22. The Hall–Kier alpha value is 0.240. The number of esters is 1. The van der Waals surface area contributed by atoms with Crippen LogP contribution >= 0.6 is 27.5 Å². The molecule has 0 fully saturated rings. The van der Waals surface area contributed by atoms with Gasteiger partial charge in [0.05, 0.1) is 6.61 Å². The molecule has 0 aromatic heterocycles. The van der Waals surface area contributed by atoms with Gasteiger partial charge >= 0.3 is 5.97 Å². The topological polar surface area (TPSA) is 26.3 Å². The third-order valence-electron chi connectivity index (χ3n) is 1.13. The van der Waals surface area contributed by atoms with Crippen molar-refractivity contribution < 1.29 is 9.53 Å². The van der Waals surface area contributed by atoms with Crippen molar-refractivity contribution in [3.8, 4) is 0 Å². The molecule has 11 heavy (non-hydrogen) atoms. The molecule has 0 saturated heterocycles. The number of halogens is 2. The Morgan fingerprint density at radius 2 is 2.36 bits per heavy atom. The summed E-state index contributed by atoms with van der Waals surface area (Å²) in [6, 6.07) is 0. The summed E-state index contributed by atoms with van der Waals surface area (Å²) >= 11 is 8.67. The molecule has 1 atom stereocenters. The first kappa shape index (κ1) is 11.2. The van der Waals surface area contributed by atoms with E-state index < -0.39 is 0 Å². The fourth-order valence-electron chi connectivity index (χ4n) is 0.607. The minimum absolute atomic E-state index is 0.193. The Kier molecular flexibility index (Phi) is 7.07. The molecule has 2 nitrogen and oxygen atoms in total. The average molecular weight is 244 g/mol. The highest BCUT2D eigenvalue weighted by Gasteiger charge is 2.14. The van der Waals surface area contributed by atoms with Crippen molar-refractivity contribution in [2.45, 2.75) is 24.6 Å². The third kappa shape index (κ3) is 5.50. The van der Waals surface area contributed by atoms with Gasteiger partial charge in [0, 0.05) is 5.88 Å². The lowest BCUT2D eigenvalue weighted by Crippen LogP contribution is -2.17. The Balaban J connectivity index is 3.46. The largest absolute Gasteiger partial charge is 0.465 e. The van der Waals surface area contributed by atoms with Crippen molar-refractivity contribution in [3.63, 3.8) is 0 Å². The predicted octanol–water partition coefficient (Wildman–Crippen LogP) is 2.33. The van der Waals surface area contributed by atoms with E-state index in [1.54, 1.807) is 6.92 Å². The van der Waals surface area contributed by atoms with Crippen molar-refractivity contribution in [1.82, 2.24) is 0 Å². The van der Waals surface area contributed by atoms with Crippen LogP contribution in [0.25, 0.3) is 0 Å². The first-order valence-corrected chi connectivity index (χ1v) is 5.04. The van der Waals surface area contributed by atoms with Crippen LogP contribution in [0.4, 0.5) is 0 Å². The van der Waals surface area contributed by atoms with Gasteiger partial charge in [0.15, 0.2) is 0 Å². The van der Waals surface area contributed by atoms with Crippen LogP contribution in [0.3, 0.4) is 0 Å². The van der Waals surface area contributed by atoms with E-state index in [9.17, 15) is 4.79 Å². The molecule has 0 aliphatic heterocycles. The quantitative estimate of drug-likeness (QED) is 0.547. The maximum Gasteiger partial charge on any atom is 0.319 e. The number of carbonyl (C=O) groups excluding carboxylic acids is 1. The zero-order chi connectivity index (χ0) is 8.69. The number of carbonyl (C=O) groups is 1. The zero-order valence-electron chi connectivity index (χ0n) is 6.48. The van der Waals surface area contributed by atoms with Crippen LogP contribution in [0.15, 0.2) is 0 Å². The summed E-state index contributed by atoms with van der Waals surface area (Å²) in [6.45, 7) is 2.22. The van der Waals surface area contributed by atoms with Gasteiger partial charge in [-0.1, -0.05) is 15.9 Å². The van der Waals surface area contributed by atoms with Crippen molar-refractivity contribution in [2.75, 3.05) is 12.5 Å². The van der Waals surface area contributed by atoms with E-state index in [1.807, 2.05) is 0 Å². The Morgan fingerprint density at radius 3 is 2.82 bits per heavy atom. The summed E-state index contributed by atoms with van der Waals surface area (Å²) in [5.41, 5.74) is 0. The molecule has 0 radical (unpaired) electrons. The molecule has 0 saturated carbocycles. The lowest BCUT2D eigenvalue weighted by molar-refractivity contribution is -0.142. The zero-order valence-corrected chi connectivity index (χ0v) is 8.82. The summed E-state index contributed by atoms with van der Waals surface area (Å²) in [7, 11) is 0. The molecule has 0 aromatic carbocycles. The molecule has 0 heterocycles. The van der Waals surface area contributed by atoms with Gasteiger partial charge in [0.25, 0.3) is 0 Å². The van der Waals surface area contributed by atoms with Crippen LogP contribution in [-0.4, -0.2) is 23.3 Å². The van der Waals surface area contributed by atoms with Crippen LogP contribution in [0.5, 0.6) is 0 Å². The van der Waals surface area contributed by atoms with Crippen molar-refractivity contribution in [2.24, 2.45) is 0 Å². The molecular weight excluding hydrogens is 231 g/mol. The Labute approximate surface area is 80.4 Å². The Morgan fingerprint density at radius 1 is 1.73 bits per heavy atom. The highest BCUT2D eigenvalue weighted by Crippen LogP contribution is 2.10.